The third kappa shape index (κ3) is 2.45. The van der Waals surface area contributed by atoms with E-state index in [1.54, 1.807) is 18.3 Å². The van der Waals surface area contributed by atoms with Gasteiger partial charge in [-0.25, -0.2) is 8.78 Å². The summed E-state index contributed by atoms with van der Waals surface area (Å²) in [7, 11) is 0. The third-order valence-corrected chi connectivity index (χ3v) is 3.02. The number of ether oxygens (including phenoxy) is 1. The maximum absolute atomic E-state index is 13.5. The average molecular weight is 271 g/mol. The van der Waals surface area contributed by atoms with Crippen LogP contribution in [0, 0.1) is 11.6 Å². The zero-order valence-corrected chi connectivity index (χ0v) is 10.5. The predicted molar refractivity (Wildman–Crippen MR) is 72.4 cm³/mol. The van der Waals surface area contributed by atoms with Gasteiger partial charge in [0.15, 0.2) is 0 Å². The number of nitrogens with zero attached hydrogens (tertiary/aromatic N) is 1. The Bertz CT molecular complexity index is 738. The maximum Gasteiger partial charge on any atom is 0.132 e. The van der Waals surface area contributed by atoms with E-state index in [2.05, 4.69) is 4.98 Å². The van der Waals surface area contributed by atoms with Gasteiger partial charge >= 0.3 is 0 Å². The van der Waals surface area contributed by atoms with Crippen LogP contribution in [0.3, 0.4) is 0 Å². The molecule has 0 saturated carbocycles. The van der Waals surface area contributed by atoms with Crippen molar-refractivity contribution in [2.45, 2.75) is 6.61 Å². The molecule has 4 heteroatoms. The first-order valence-corrected chi connectivity index (χ1v) is 6.14. The van der Waals surface area contributed by atoms with Crippen LogP contribution in [0.15, 0.2) is 54.7 Å². The van der Waals surface area contributed by atoms with Gasteiger partial charge in [0.05, 0.1) is 11.1 Å². The SMILES string of the molecule is Fc1cccc(F)c1COc1ccc2ncccc2c1. The molecule has 100 valence electrons. The summed E-state index contributed by atoms with van der Waals surface area (Å²) < 4.78 is 32.4. The summed E-state index contributed by atoms with van der Waals surface area (Å²) in [4.78, 5) is 4.19. The van der Waals surface area contributed by atoms with E-state index in [0.717, 1.165) is 10.9 Å². The smallest absolute Gasteiger partial charge is 0.132 e. The Hall–Kier alpha value is -2.49. The lowest BCUT2D eigenvalue weighted by Crippen LogP contribution is -2.01. The highest BCUT2D eigenvalue weighted by atomic mass is 19.1. The van der Waals surface area contributed by atoms with Gasteiger partial charge in [0.2, 0.25) is 0 Å². The lowest BCUT2D eigenvalue weighted by molar-refractivity contribution is 0.293. The van der Waals surface area contributed by atoms with Crippen molar-refractivity contribution in [2.24, 2.45) is 0 Å². The van der Waals surface area contributed by atoms with Crippen molar-refractivity contribution in [3.8, 4) is 5.75 Å². The Balaban J connectivity index is 1.83. The van der Waals surface area contributed by atoms with Crippen LogP contribution in [0.5, 0.6) is 5.75 Å². The van der Waals surface area contributed by atoms with Gasteiger partial charge in [-0.1, -0.05) is 12.1 Å². The molecule has 3 aromatic rings. The topological polar surface area (TPSA) is 22.1 Å². The number of halogens is 2. The molecule has 1 aromatic heterocycles. The first kappa shape index (κ1) is 12.5. The highest BCUT2D eigenvalue weighted by Crippen LogP contribution is 2.21. The van der Waals surface area contributed by atoms with E-state index >= 15 is 0 Å². The van der Waals surface area contributed by atoms with Crippen molar-refractivity contribution in [1.29, 1.82) is 0 Å². The van der Waals surface area contributed by atoms with E-state index in [0.29, 0.717) is 5.75 Å². The quantitative estimate of drug-likeness (QED) is 0.715. The van der Waals surface area contributed by atoms with Crippen molar-refractivity contribution < 1.29 is 13.5 Å². The standard InChI is InChI=1S/C16H11F2NO/c17-14-4-1-5-15(18)13(14)10-20-12-6-7-16-11(9-12)3-2-8-19-16/h1-9H,10H2. The van der Waals surface area contributed by atoms with Crippen molar-refractivity contribution in [1.82, 2.24) is 4.98 Å². The van der Waals surface area contributed by atoms with Gasteiger partial charge in [-0.3, -0.25) is 4.98 Å². The summed E-state index contributed by atoms with van der Waals surface area (Å²) in [6.45, 7) is -0.149. The number of benzene rings is 2. The summed E-state index contributed by atoms with van der Waals surface area (Å²) in [5.41, 5.74) is 0.774. The zero-order valence-electron chi connectivity index (χ0n) is 10.5. The fourth-order valence-corrected chi connectivity index (χ4v) is 1.97. The van der Waals surface area contributed by atoms with E-state index in [-0.39, 0.29) is 12.2 Å². The Morgan fingerprint density at radius 1 is 0.950 bits per heavy atom. The molecule has 20 heavy (non-hydrogen) atoms. The number of aromatic nitrogens is 1. The van der Waals surface area contributed by atoms with Crippen LogP contribution in [0.2, 0.25) is 0 Å². The van der Waals surface area contributed by atoms with Crippen LogP contribution in [0.25, 0.3) is 10.9 Å². The molecule has 0 saturated heterocycles. The Labute approximate surface area is 114 Å². The normalized spacial score (nSPS) is 10.7. The minimum Gasteiger partial charge on any atom is -0.489 e. The summed E-state index contributed by atoms with van der Waals surface area (Å²) in [5.74, 6) is -0.659. The van der Waals surface area contributed by atoms with Gasteiger partial charge in [-0.15, -0.1) is 0 Å². The number of pyridine rings is 1. The second kappa shape index (κ2) is 5.25. The van der Waals surface area contributed by atoms with Crippen LogP contribution >= 0.6 is 0 Å². The molecule has 0 bridgehead atoms. The molecule has 0 atom stereocenters. The molecule has 0 amide bonds. The van der Waals surface area contributed by atoms with Crippen molar-refractivity contribution in [3.63, 3.8) is 0 Å². The van der Waals surface area contributed by atoms with Crippen LogP contribution < -0.4 is 4.74 Å². The zero-order chi connectivity index (χ0) is 13.9. The van der Waals surface area contributed by atoms with E-state index in [1.165, 1.54) is 18.2 Å². The van der Waals surface area contributed by atoms with Gasteiger partial charge in [0.1, 0.15) is 24.0 Å². The van der Waals surface area contributed by atoms with Crippen LogP contribution in [0.4, 0.5) is 8.78 Å². The van der Waals surface area contributed by atoms with Gasteiger partial charge in [-0.05, 0) is 36.4 Å². The summed E-state index contributed by atoms with van der Waals surface area (Å²) in [5, 5.41) is 0.916. The molecule has 2 aromatic carbocycles. The van der Waals surface area contributed by atoms with E-state index in [4.69, 9.17) is 4.74 Å². The number of fused-ring (bicyclic) bond motifs is 1. The molecule has 1 heterocycles. The maximum atomic E-state index is 13.5. The largest absolute Gasteiger partial charge is 0.489 e. The molecule has 0 aliphatic carbocycles. The molecule has 0 N–H and O–H groups in total. The minimum atomic E-state index is -0.604. The van der Waals surface area contributed by atoms with Gasteiger partial charge in [0, 0.05) is 11.6 Å². The lowest BCUT2D eigenvalue weighted by Gasteiger charge is -2.08. The minimum absolute atomic E-state index is 0.0706. The second-order valence-corrected chi connectivity index (χ2v) is 4.35. The lowest BCUT2D eigenvalue weighted by atomic mass is 10.2. The third-order valence-electron chi connectivity index (χ3n) is 3.02. The van der Waals surface area contributed by atoms with Gasteiger partial charge < -0.3 is 4.74 Å². The molecule has 0 spiro atoms. The van der Waals surface area contributed by atoms with Crippen LogP contribution in [-0.4, -0.2) is 4.98 Å². The molecule has 0 radical (unpaired) electrons. The molecule has 0 fully saturated rings. The monoisotopic (exact) mass is 271 g/mol. The number of rotatable bonds is 3. The second-order valence-electron chi connectivity index (χ2n) is 4.35. The van der Waals surface area contributed by atoms with Crippen LogP contribution in [0.1, 0.15) is 5.56 Å². The van der Waals surface area contributed by atoms with E-state index in [9.17, 15) is 8.78 Å². The van der Waals surface area contributed by atoms with Crippen molar-refractivity contribution in [3.05, 3.63) is 71.9 Å². The van der Waals surface area contributed by atoms with Crippen molar-refractivity contribution >= 4 is 10.9 Å². The highest BCUT2D eigenvalue weighted by Gasteiger charge is 2.09. The number of hydrogen-bond acceptors (Lipinski definition) is 2. The fourth-order valence-electron chi connectivity index (χ4n) is 1.97. The Morgan fingerprint density at radius 3 is 2.55 bits per heavy atom. The molecule has 3 rings (SSSR count). The molecule has 0 unspecified atom stereocenters. The first-order valence-electron chi connectivity index (χ1n) is 6.14. The molecular weight excluding hydrogens is 260 g/mol. The van der Waals surface area contributed by atoms with E-state index < -0.39 is 11.6 Å². The van der Waals surface area contributed by atoms with Gasteiger partial charge in [-0.2, -0.15) is 0 Å². The number of hydrogen-bond donors (Lipinski definition) is 0. The average Bonchev–Trinajstić information content (AvgIpc) is 2.46. The van der Waals surface area contributed by atoms with Crippen molar-refractivity contribution in [2.75, 3.05) is 0 Å². The molecular formula is C16H11F2NO. The van der Waals surface area contributed by atoms with Gasteiger partial charge in [0.25, 0.3) is 0 Å². The summed E-state index contributed by atoms with van der Waals surface area (Å²) in [6.07, 6.45) is 1.71. The highest BCUT2D eigenvalue weighted by molar-refractivity contribution is 5.79. The fraction of sp³-hybridized carbons (Fsp3) is 0.0625. The Morgan fingerprint density at radius 2 is 1.75 bits per heavy atom. The predicted octanol–water partition coefficient (Wildman–Crippen LogP) is 4.09. The Kier molecular flexibility index (Phi) is 3.29. The molecule has 2 nitrogen and oxygen atoms in total. The molecule has 0 aliphatic heterocycles. The van der Waals surface area contributed by atoms with E-state index in [1.807, 2.05) is 18.2 Å². The van der Waals surface area contributed by atoms with Crippen LogP contribution in [-0.2, 0) is 6.61 Å². The summed E-state index contributed by atoms with van der Waals surface area (Å²) >= 11 is 0. The summed E-state index contributed by atoms with van der Waals surface area (Å²) in [6, 6.07) is 12.8. The first-order chi connectivity index (χ1) is 9.74. The molecule has 0 aliphatic rings.